The maximum atomic E-state index is 10.1. The van der Waals surface area contributed by atoms with E-state index >= 15 is 0 Å². The number of carboxylic acids is 1. The molecular weight excluding hydrogens is 212 g/mol. The van der Waals surface area contributed by atoms with Crippen LogP contribution in [0.4, 0.5) is 0 Å². The van der Waals surface area contributed by atoms with Crippen LogP contribution in [0.2, 0.25) is 0 Å². The first-order valence-corrected chi connectivity index (χ1v) is 5.30. The first-order chi connectivity index (χ1) is 7.06. The predicted molar refractivity (Wildman–Crippen MR) is 62.5 cm³/mol. The SMILES string of the molecule is CSC(C)=CC#CC=C(O)C=CC(=O)O. The number of carbonyl (C=O) groups is 1. The van der Waals surface area contributed by atoms with Crippen molar-refractivity contribution in [2.24, 2.45) is 0 Å². The van der Waals surface area contributed by atoms with E-state index in [1.54, 1.807) is 17.8 Å². The van der Waals surface area contributed by atoms with E-state index < -0.39 is 5.97 Å². The largest absolute Gasteiger partial charge is 0.507 e. The molecule has 2 N–H and O–H groups in total. The Morgan fingerprint density at radius 3 is 2.33 bits per heavy atom. The third-order valence-corrected chi connectivity index (χ3v) is 2.06. The van der Waals surface area contributed by atoms with E-state index in [0.717, 1.165) is 17.1 Å². The summed E-state index contributed by atoms with van der Waals surface area (Å²) in [7, 11) is 0. The van der Waals surface area contributed by atoms with Gasteiger partial charge in [0.25, 0.3) is 0 Å². The van der Waals surface area contributed by atoms with Crippen molar-refractivity contribution in [3.8, 4) is 11.8 Å². The van der Waals surface area contributed by atoms with Crippen molar-refractivity contribution in [3.05, 3.63) is 35.0 Å². The fourth-order valence-corrected chi connectivity index (χ4v) is 0.699. The van der Waals surface area contributed by atoms with E-state index in [9.17, 15) is 4.79 Å². The van der Waals surface area contributed by atoms with Gasteiger partial charge in [-0.1, -0.05) is 11.8 Å². The van der Waals surface area contributed by atoms with Crippen molar-refractivity contribution in [2.75, 3.05) is 6.26 Å². The van der Waals surface area contributed by atoms with Crippen LogP contribution in [0, 0.1) is 11.8 Å². The number of hydrogen-bond acceptors (Lipinski definition) is 3. The van der Waals surface area contributed by atoms with Crippen LogP contribution >= 0.6 is 11.8 Å². The Bertz CT molecular complexity index is 367. The van der Waals surface area contributed by atoms with Gasteiger partial charge in [-0.2, -0.15) is 0 Å². The molecule has 80 valence electrons. The first kappa shape index (κ1) is 13.4. The van der Waals surface area contributed by atoms with Crippen molar-refractivity contribution in [1.29, 1.82) is 0 Å². The molecule has 0 saturated heterocycles. The van der Waals surface area contributed by atoms with E-state index in [4.69, 9.17) is 10.2 Å². The molecule has 0 saturated carbocycles. The summed E-state index contributed by atoms with van der Waals surface area (Å²) in [5.41, 5.74) is 0. The molecule has 0 aliphatic heterocycles. The fourth-order valence-electron chi connectivity index (χ4n) is 0.523. The Labute approximate surface area is 93.2 Å². The molecule has 0 spiro atoms. The molecule has 0 amide bonds. The third kappa shape index (κ3) is 8.72. The summed E-state index contributed by atoms with van der Waals surface area (Å²) < 4.78 is 0. The van der Waals surface area contributed by atoms with Crippen LogP contribution < -0.4 is 0 Å². The molecule has 0 rings (SSSR count). The highest BCUT2D eigenvalue weighted by molar-refractivity contribution is 8.02. The molecule has 0 aliphatic rings. The fraction of sp³-hybridized carbons (Fsp3) is 0.182. The van der Waals surface area contributed by atoms with Gasteiger partial charge in [-0.15, -0.1) is 11.8 Å². The molecule has 0 bridgehead atoms. The predicted octanol–water partition coefficient (Wildman–Crippen LogP) is 2.34. The lowest BCUT2D eigenvalue weighted by atomic mass is 10.4. The van der Waals surface area contributed by atoms with Crippen LogP contribution in [0.1, 0.15) is 6.92 Å². The van der Waals surface area contributed by atoms with Crippen molar-refractivity contribution >= 4 is 17.7 Å². The van der Waals surface area contributed by atoms with Gasteiger partial charge < -0.3 is 10.2 Å². The van der Waals surface area contributed by atoms with Crippen molar-refractivity contribution in [1.82, 2.24) is 0 Å². The second kappa shape index (κ2) is 7.77. The van der Waals surface area contributed by atoms with Crippen LogP contribution in [0.5, 0.6) is 0 Å². The van der Waals surface area contributed by atoms with Gasteiger partial charge in [-0.25, -0.2) is 4.79 Å². The Morgan fingerprint density at radius 1 is 1.20 bits per heavy atom. The van der Waals surface area contributed by atoms with Gasteiger partial charge in [0, 0.05) is 12.2 Å². The molecule has 0 radical (unpaired) electrons. The number of aliphatic carboxylic acids is 1. The van der Waals surface area contributed by atoms with E-state index in [1.165, 1.54) is 6.08 Å². The number of rotatable bonds is 3. The second-order valence-corrected chi connectivity index (χ2v) is 3.54. The van der Waals surface area contributed by atoms with Crippen LogP contribution in [0.25, 0.3) is 0 Å². The second-order valence-electron chi connectivity index (χ2n) is 2.49. The zero-order chi connectivity index (χ0) is 11.7. The minimum absolute atomic E-state index is 0.180. The Kier molecular flexibility index (Phi) is 6.94. The molecular formula is C11H12O3S. The molecule has 0 heterocycles. The quantitative estimate of drug-likeness (QED) is 0.334. The highest BCUT2D eigenvalue weighted by Crippen LogP contribution is 2.07. The molecule has 0 aliphatic carbocycles. The summed E-state index contributed by atoms with van der Waals surface area (Å²) >= 11 is 1.58. The van der Waals surface area contributed by atoms with Gasteiger partial charge in [0.15, 0.2) is 0 Å². The lowest BCUT2D eigenvalue weighted by Crippen LogP contribution is -1.86. The Morgan fingerprint density at radius 2 is 1.80 bits per heavy atom. The minimum atomic E-state index is -1.11. The molecule has 0 fully saturated rings. The van der Waals surface area contributed by atoms with Crippen molar-refractivity contribution in [3.63, 3.8) is 0 Å². The lowest BCUT2D eigenvalue weighted by molar-refractivity contribution is -0.131. The molecule has 0 aromatic rings. The zero-order valence-corrected chi connectivity index (χ0v) is 9.34. The molecule has 4 heteroatoms. The van der Waals surface area contributed by atoms with Gasteiger partial charge in [-0.05, 0) is 30.2 Å². The summed E-state index contributed by atoms with van der Waals surface area (Å²) in [6, 6.07) is 0. The van der Waals surface area contributed by atoms with E-state index in [1.807, 2.05) is 13.2 Å². The Hall–Kier alpha value is -1.60. The van der Waals surface area contributed by atoms with Crippen LogP contribution in [-0.4, -0.2) is 22.4 Å². The van der Waals surface area contributed by atoms with Gasteiger partial charge in [0.2, 0.25) is 0 Å². The highest BCUT2D eigenvalue weighted by Gasteiger charge is 1.86. The van der Waals surface area contributed by atoms with E-state index in [0.29, 0.717) is 0 Å². The summed E-state index contributed by atoms with van der Waals surface area (Å²) in [6.45, 7) is 1.92. The average Bonchev–Trinajstić information content (AvgIpc) is 2.21. The summed E-state index contributed by atoms with van der Waals surface area (Å²) in [5, 5.41) is 17.4. The summed E-state index contributed by atoms with van der Waals surface area (Å²) in [6.07, 6.45) is 6.81. The number of aliphatic hydroxyl groups is 1. The summed E-state index contributed by atoms with van der Waals surface area (Å²) in [5.74, 6) is 3.99. The lowest BCUT2D eigenvalue weighted by Gasteiger charge is -1.86. The number of aliphatic hydroxyl groups excluding tert-OH is 1. The number of thioether (sulfide) groups is 1. The summed E-state index contributed by atoms with van der Waals surface area (Å²) in [4.78, 5) is 11.2. The maximum absolute atomic E-state index is 10.1. The highest BCUT2D eigenvalue weighted by atomic mass is 32.2. The maximum Gasteiger partial charge on any atom is 0.328 e. The minimum Gasteiger partial charge on any atom is -0.507 e. The van der Waals surface area contributed by atoms with Crippen molar-refractivity contribution in [2.45, 2.75) is 6.92 Å². The number of allylic oxidation sites excluding steroid dienone is 4. The van der Waals surface area contributed by atoms with E-state index in [-0.39, 0.29) is 5.76 Å². The molecule has 15 heavy (non-hydrogen) atoms. The zero-order valence-electron chi connectivity index (χ0n) is 8.52. The normalized spacial score (nSPS) is 12.4. The average molecular weight is 224 g/mol. The first-order valence-electron chi connectivity index (χ1n) is 4.08. The topological polar surface area (TPSA) is 57.5 Å². The van der Waals surface area contributed by atoms with Gasteiger partial charge in [0.05, 0.1) is 0 Å². The molecule has 3 nitrogen and oxygen atoms in total. The molecule has 0 aromatic heterocycles. The molecule has 0 unspecified atom stereocenters. The Balaban J connectivity index is 4.33. The van der Waals surface area contributed by atoms with Crippen LogP contribution in [0.3, 0.4) is 0 Å². The van der Waals surface area contributed by atoms with Gasteiger partial charge >= 0.3 is 5.97 Å². The van der Waals surface area contributed by atoms with Crippen LogP contribution in [-0.2, 0) is 4.79 Å². The van der Waals surface area contributed by atoms with Crippen molar-refractivity contribution < 1.29 is 15.0 Å². The van der Waals surface area contributed by atoms with Gasteiger partial charge in [0.1, 0.15) is 5.76 Å². The monoisotopic (exact) mass is 224 g/mol. The van der Waals surface area contributed by atoms with Gasteiger partial charge in [-0.3, -0.25) is 0 Å². The standard InChI is InChI=1S/C11H12O3S/c1-9(15-2)5-3-4-6-10(12)7-8-11(13)14/h5-8,12H,1-2H3,(H,13,14). The van der Waals surface area contributed by atoms with E-state index in [2.05, 4.69) is 11.8 Å². The third-order valence-electron chi connectivity index (χ3n) is 1.30. The molecule has 0 aromatic carbocycles. The molecule has 0 atom stereocenters. The number of carboxylic acid groups (broad SMARTS) is 1. The van der Waals surface area contributed by atoms with Crippen LogP contribution in [0.15, 0.2) is 35.0 Å². The number of hydrogen-bond donors (Lipinski definition) is 2. The smallest absolute Gasteiger partial charge is 0.328 e.